The molecule has 1 N–H and O–H groups in total. The molecule has 2 atom stereocenters. The van der Waals surface area contributed by atoms with Crippen molar-refractivity contribution in [2.75, 3.05) is 11.4 Å². The Morgan fingerprint density at radius 3 is 2.47 bits per heavy atom. The number of aliphatic hydroxyl groups is 1. The number of hydrogen-bond acceptors (Lipinski definition) is 2. The zero-order valence-corrected chi connectivity index (χ0v) is 12.5. The van der Waals surface area contributed by atoms with E-state index in [0.29, 0.717) is 11.6 Å². The maximum Gasteiger partial charge on any atom is 0.123 e. The van der Waals surface area contributed by atoms with Crippen LogP contribution in [0.25, 0.3) is 0 Å². The van der Waals surface area contributed by atoms with Gasteiger partial charge in [0.15, 0.2) is 0 Å². The maximum atomic E-state index is 13.4. The first kappa shape index (κ1) is 16.0. The lowest BCUT2D eigenvalue weighted by molar-refractivity contribution is 0.199. The Morgan fingerprint density at radius 2 is 1.95 bits per heavy atom. The van der Waals surface area contributed by atoms with Crippen molar-refractivity contribution in [2.45, 2.75) is 59.1 Å². The van der Waals surface area contributed by atoms with Gasteiger partial charge in [-0.3, -0.25) is 0 Å². The van der Waals surface area contributed by atoms with Gasteiger partial charge in [-0.25, -0.2) is 4.39 Å². The van der Waals surface area contributed by atoms with Crippen LogP contribution in [0.3, 0.4) is 0 Å². The molecule has 0 radical (unpaired) electrons. The van der Waals surface area contributed by atoms with E-state index in [1.807, 2.05) is 0 Å². The molecule has 0 saturated heterocycles. The molecular formula is C16H26FNO. The van der Waals surface area contributed by atoms with E-state index >= 15 is 0 Å². The van der Waals surface area contributed by atoms with E-state index in [1.165, 1.54) is 12.1 Å². The Balaban J connectivity index is 3.13. The molecule has 2 nitrogen and oxygen atoms in total. The summed E-state index contributed by atoms with van der Waals surface area (Å²) in [5, 5.41) is 9.86. The molecule has 0 bridgehead atoms. The highest BCUT2D eigenvalue weighted by molar-refractivity contribution is 5.55. The minimum atomic E-state index is -0.654. The number of anilines is 1. The second-order valence-corrected chi connectivity index (χ2v) is 5.18. The molecule has 0 saturated carbocycles. The lowest BCUT2D eigenvalue weighted by Gasteiger charge is -2.33. The summed E-state index contributed by atoms with van der Waals surface area (Å²) >= 11 is 0. The SMILES string of the molecule is CCCCN(c1ccc(F)cc1[C@H](C)O)C(C)CC. The lowest BCUT2D eigenvalue weighted by Crippen LogP contribution is -2.34. The van der Waals surface area contributed by atoms with E-state index < -0.39 is 6.10 Å². The monoisotopic (exact) mass is 267 g/mol. The van der Waals surface area contributed by atoms with Crippen molar-refractivity contribution in [1.29, 1.82) is 0 Å². The number of unbranched alkanes of at least 4 members (excludes halogenated alkanes) is 1. The summed E-state index contributed by atoms with van der Waals surface area (Å²) in [6.45, 7) is 9.11. The summed E-state index contributed by atoms with van der Waals surface area (Å²) in [4.78, 5) is 2.28. The van der Waals surface area contributed by atoms with Crippen LogP contribution >= 0.6 is 0 Å². The van der Waals surface area contributed by atoms with E-state index in [9.17, 15) is 9.50 Å². The molecule has 1 aromatic rings. The van der Waals surface area contributed by atoms with Crippen molar-refractivity contribution in [3.8, 4) is 0 Å². The fourth-order valence-corrected chi connectivity index (χ4v) is 2.25. The Kier molecular flexibility index (Phi) is 6.29. The minimum Gasteiger partial charge on any atom is -0.389 e. The summed E-state index contributed by atoms with van der Waals surface area (Å²) in [7, 11) is 0. The maximum absolute atomic E-state index is 13.4. The topological polar surface area (TPSA) is 23.5 Å². The third-order valence-corrected chi connectivity index (χ3v) is 3.62. The fourth-order valence-electron chi connectivity index (χ4n) is 2.25. The van der Waals surface area contributed by atoms with Crippen LogP contribution in [0.5, 0.6) is 0 Å². The number of hydrogen-bond donors (Lipinski definition) is 1. The standard InChI is InChI=1S/C16H26FNO/c1-5-7-10-18(12(3)6-2)16-9-8-14(17)11-15(16)13(4)19/h8-9,11-13,19H,5-7,10H2,1-4H3/t12?,13-/m0/s1. The molecule has 0 fully saturated rings. The van der Waals surface area contributed by atoms with Crippen LogP contribution in [0.2, 0.25) is 0 Å². The summed E-state index contributed by atoms with van der Waals surface area (Å²) in [5.74, 6) is -0.292. The smallest absolute Gasteiger partial charge is 0.123 e. The molecule has 0 heterocycles. The number of halogens is 1. The van der Waals surface area contributed by atoms with Crippen molar-refractivity contribution in [1.82, 2.24) is 0 Å². The Morgan fingerprint density at radius 1 is 1.26 bits per heavy atom. The number of rotatable bonds is 7. The van der Waals surface area contributed by atoms with Crippen molar-refractivity contribution in [3.63, 3.8) is 0 Å². The van der Waals surface area contributed by atoms with E-state index in [1.54, 1.807) is 13.0 Å². The molecule has 0 aliphatic rings. The van der Waals surface area contributed by atoms with E-state index in [0.717, 1.165) is 31.5 Å². The van der Waals surface area contributed by atoms with Gasteiger partial charge in [0.05, 0.1) is 6.10 Å². The Bertz CT molecular complexity index is 392. The molecule has 1 rings (SSSR count). The largest absolute Gasteiger partial charge is 0.389 e. The number of nitrogens with zero attached hydrogens (tertiary/aromatic N) is 1. The third-order valence-electron chi connectivity index (χ3n) is 3.62. The van der Waals surface area contributed by atoms with Crippen LogP contribution < -0.4 is 4.90 Å². The number of benzene rings is 1. The van der Waals surface area contributed by atoms with Gasteiger partial charge < -0.3 is 10.0 Å². The van der Waals surface area contributed by atoms with Gasteiger partial charge in [0, 0.05) is 23.8 Å². The van der Waals surface area contributed by atoms with Crippen molar-refractivity contribution >= 4 is 5.69 Å². The van der Waals surface area contributed by atoms with Crippen molar-refractivity contribution in [3.05, 3.63) is 29.6 Å². The molecule has 0 aliphatic heterocycles. The molecule has 19 heavy (non-hydrogen) atoms. The van der Waals surface area contributed by atoms with Crippen LogP contribution in [0.1, 0.15) is 58.6 Å². The second kappa shape index (κ2) is 7.49. The van der Waals surface area contributed by atoms with Gasteiger partial charge in [-0.1, -0.05) is 20.3 Å². The quantitative estimate of drug-likeness (QED) is 0.797. The zero-order valence-electron chi connectivity index (χ0n) is 12.5. The third kappa shape index (κ3) is 4.20. The first-order valence-electron chi connectivity index (χ1n) is 7.25. The second-order valence-electron chi connectivity index (χ2n) is 5.18. The molecule has 3 heteroatoms. The van der Waals surface area contributed by atoms with Crippen LogP contribution in [0.15, 0.2) is 18.2 Å². The highest BCUT2D eigenvalue weighted by Crippen LogP contribution is 2.29. The van der Waals surface area contributed by atoms with Crippen molar-refractivity contribution < 1.29 is 9.50 Å². The van der Waals surface area contributed by atoms with E-state index in [4.69, 9.17) is 0 Å². The average Bonchev–Trinajstić information content (AvgIpc) is 2.39. The summed E-state index contributed by atoms with van der Waals surface area (Å²) in [6, 6.07) is 5.10. The highest BCUT2D eigenvalue weighted by atomic mass is 19.1. The summed E-state index contributed by atoms with van der Waals surface area (Å²) in [6.07, 6.45) is 2.60. The predicted molar refractivity (Wildman–Crippen MR) is 79.0 cm³/mol. The summed E-state index contributed by atoms with van der Waals surface area (Å²) < 4.78 is 13.4. The Hall–Kier alpha value is -1.09. The zero-order chi connectivity index (χ0) is 14.4. The molecule has 0 aliphatic carbocycles. The van der Waals surface area contributed by atoms with Crippen LogP contribution in [0, 0.1) is 5.82 Å². The Labute approximate surface area is 116 Å². The van der Waals surface area contributed by atoms with Gasteiger partial charge in [-0.05, 0) is 44.9 Å². The van der Waals surface area contributed by atoms with Gasteiger partial charge in [0.2, 0.25) is 0 Å². The van der Waals surface area contributed by atoms with Crippen LogP contribution in [-0.2, 0) is 0 Å². The number of aliphatic hydroxyl groups excluding tert-OH is 1. The molecule has 108 valence electrons. The van der Waals surface area contributed by atoms with Gasteiger partial charge >= 0.3 is 0 Å². The molecular weight excluding hydrogens is 241 g/mol. The molecule has 0 aromatic heterocycles. The molecule has 1 unspecified atom stereocenters. The highest BCUT2D eigenvalue weighted by Gasteiger charge is 2.18. The molecule has 0 amide bonds. The fraction of sp³-hybridized carbons (Fsp3) is 0.625. The first-order chi connectivity index (χ1) is 9.01. The first-order valence-corrected chi connectivity index (χ1v) is 7.25. The summed E-state index contributed by atoms with van der Waals surface area (Å²) in [5.41, 5.74) is 1.63. The van der Waals surface area contributed by atoms with Crippen LogP contribution in [-0.4, -0.2) is 17.7 Å². The average molecular weight is 267 g/mol. The van der Waals surface area contributed by atoms with Gasteiger partial charge in [-0.15, -0.1) is 0 Å². The lowest BCUT2D eigenvalue weighted by atomic mass is 10.0. The van der Waals surface area contributed by atoms with Gasteiger partial charge in [-0.2, -0.15) is 0 Å². The van der Waals surface area contributed by atoms with Gasteiger partial charge in [0.1, 0.15) is 5.82 Å². The van der Waals surface area contributed by atoms with E-state index in [-0.39, 0.29) is 5.82 Å². The van der Waals surface area contributed by atoms with Crippen LogP contribution in [0.4, 0.5) is 10.1 Å². The predicted octanol–water partition coefficient (Wildman–Crippen LogP) is 4.28. The molecule has 0 spiro atoms. The normalized spacial score (nSPS) is 14.2. The molecule has 1 aromatic carbocycles. The van der Waals surface area contributed by atoms with E-state index in [2.05, 4.69) is 25.7 Å². The van der Waals surface area contributed by atoms with Gasteiger partial charge in [0.25, 0.3) is 0 Å². The van der Waals surface area contributed by atoms with Crippen molar-refractivity contribution in [2.24, 2.45) is 0 Å². The minimum absolute atomic E-state index is 0.292.